The largest absolute Gasteiger partial charge is 0.379 e. The monoisotopic (exact) mass is 336 g/mol. The number of benzene rings is 1. The maximum Gasteiger partial charge on any atom is 0.0594 e. The molecule has 25 heavy (non-hydrogen) atoms. The van der Waals surface area contributed by atoms with Gasteiger partial charge in [0.2, 0.25) is 0 Å². The Morgan fingerprint density at radius 1 is 1.12 bits per heavy atom. The van der Waals surface area contributed by atoms with Crippen molar-refractivity contribution in [1.82, 2.24) is 9.80 Å². The Labute approximate surface area is 151 Å². The Morgan fingerprint density at radius 3 is 2.72 bits per heavy atom. The minimum absolute atomic E-state index is 0.473. The topological polar surface area (TPSA) is 15.7 Å². The second kappa shape index (κ2) is 6.39. The summed E-state index contributed by atoms with van der Waals surface area (Å²) < 4.78 is 5.49. The highest BCUT2D eigenvalue weighted by Gasteiger charge is 2.61. The van der Waals surface area contributed by atoms with Crippen LogP contribution in [0.4, 0.5) is 0 Å². The van der Waals surface area contributed by atoms with Gasteiger partial charge in [-0.05, 0) is 29.9 Å². The fraction of sp³-hybridized carbons (Fsp3) is 0.545. The molecular formula is C22H28N2O. The highest BCUT2D eigenvalue weighted by atomic mass is 16.5. The van der Waals surface area contributed by atoms with Crippen molar-refractivity contribution in [1.29, 1.82) is 0 Å². The molecule has 1 saturated carbocycles. The molecule has 132 valence electrons. The van der Waals surface area contributed by atoms with Crippen molar-refractivity contribution in [2.24, 2.45) is 11.3 Å². The molecule has 2 heterocycles. The number of likely N-dealkylation sites (tertiary alicyclic amines) is 1. The molecule has 2 aliphatic carbocycles. The van der Waals surface area contributed by atoms with Crippen molar-refractivity contribution < 1.29 is 4.74 Å². The van der Waals surface area contributed by atoms with Gasteiger partial charge in [-0.25, -0.2) is 0 Å². The molecular weight excluding hydrogens is 308 g/mol. The Hall–Kier alpha value is -1.42. The third kappa shape index (κ3) is 2.99. The molecule has 0 spiro atoms. The third-order valence-corrected chi connectivity index (χ3v) is 6.63. The molecule has 0 amide bonds. The minimum Gasteiger partial charge on any atom is -0.379 e. The Bertz CT molecular complexity index is 677. The molecule has 1 aromatic rings. The number of piperidine rings is 1. The summed E-state index contributed by atoms with van der Waals surface area (Å²) in [5.41, 5.74) is 3.54. The van der Waals surface area contributed by atoms with Gasteiger partial charge < -0.3 is 4.74 Å². The number of nitrogens with zero attached hydrogens (tertiary/aromatic N) is 2. The van der Waals surface area contributed by atoms with Gasteiger partial charge in [-0.15, -0.1) is 0 Å². The molecule has 1 aromatic carbocycles. The summed E-state index contributed by atoms with van der Waals surface area (Å²) in [6, 6.07) is 11.5. The van der Waals surface area contributed by atoms with Crippen molar-refractivity contribution in [3.8, 4) is 0 Å². The number of rotatable bonds is 4. The van der Waals surface area contributed by atoms with Crippen LogP contribution >= 0.6 is 0 Å². The van der Waals surface area contributed by atoms with Gasteiger partial charge in [0.1, 0.15) is 0 Å². The molecule has 3 fully saturated rings. The van der Waals surface area contributed by atoms with Crippen LogP contribution in [0.15, 0.2) is 54.1 Å². The van der Waals surface area contributed by atoms with Crippen molar-refractivity contribution in [3.63, 3.8) is 0 Å². The average molecular weight is 336 g/mol. The summed E-state index contributed by atoms with van der Waals surface area (Å²) >= 11 is 0. The normalized spacial score (nSPS) is 35.4. The Morgan fingerprint density at radius 2 is 1.96 bits per heavy atom. The molecule has 2 aliphatic heterocycles. The number of fused-ring (bicyclic) bond motifs is 1. The van der Waals surface area contributed by atoms with Gasteiger partial charge in [-0.2, -0.15) is 0 Å². The van der Waals surface area contributed by atoms with Crippen molar-refractivity contribution in [3.05, 3.63) is 59.7 Å². The van der Waals surface area contributed by atoms with Crippen molar-refractivity contribution in [2.45, 2.75) is 25.4 Å². The molecule has 0 N–H and O–H groups in total. The van der Waals surface area contributed by atoms with Crippen LogP contribution in [0.25, 0.3) is 0 Å². The summed E-state index contributed by atoms with van der Waals surface area (Å²) in [5.74, 6) is 0.882. The van der Waals surface area contributed by atoms with Gasteiger partial charge in [0, 0.05) is 44.2 Å². The van der Waals surface area contributed by atoms with Gasteiger partial charge >= 0.3 is 0 Å². The Balaban J connectivity index is 1.22. The molecule has 4 aliphatic rings. The average Bonchev–Trinajstić information content (AvgIpc) is 3.25. The lowest BCUT2D eigenvalue weighted by Gasteiger charge is -2.34. The highest BCUT2D eigenvalue weighted by molar-refractivity contribution is 5.40. The molecule has 3 atom stereocenters. The van der Waals surface area contributed by atoms with Gasteiger partial charge in [-0.3, -0.25) is 9.80 Å². The number of ether oxygens (including phenoxy) is 1. The summed E-state index contributed by atoms with van der Waals surface area (Å²) in [4.78, 5) is 5.23. The summed E-state index contributed by atoms with van der Waals surface area (Å²) in [7, 11) is 0. The van der Waals surface area contributed by atoms with E-state index in [0.717, 1.165) is 38.8 Å². The molecule has 0 aromatic heterocycles. The van der Waals surface area contributed by atoms with E-state index in [4.69, 9.17) is 4.74 Å². The molecule has 0 radical (unpaired) electrons. The van der Waals surface area contributed by atoms with Gasteiger partial charge in [-0.1, -0.05) is 48.6 Å². The first-order chi connectivity index (χ1) is 12.3. The van der Waals surface area contributed by atoms with Gasteiger partial charge in [0.25, 0.3) is 0 Å². The number of morpholine rings is 1. The Kier molecular flexibility index (Phi) is 4.04. The van der Waals surface area contributed by atoms with Crippen LogP contribution < -0.4 is 0 Å². The highest BCUT2D eigenvalue weighted by Crippen LogP contribution is 2.63. The van der Waals surface area contributed by atoms with E-state index < -0.39 is 0 Å². The van der Waals surface area contributed by atoms with Crippen LogP contribution in [-0.4, -0.2) is 55.2 Å². The zero-order valence-corrected chi connectivity index (χ0v) is 14.9. The molecule has 2 saturated heterocycles. The van der Waals surface area contributed by atoms with E-state index in [1.807, 2.05) is 0 Å². The fourth-order valence-corrected chi connectivity index (χ4v) is 5.15. The van der Waals surface area contributed by atoms with E-state index in [0.29, 0.717) is 11.5 Å². The molecule has 3 nitrogen and oxygen atoms in total. The summed E-state index contributed by atoms with van der Waals surface area (Å²) in [6.07, 6.45) is 10.0. The van der Waals surface area contributed by atoms with Gasteiger partial charge in [0.05, 0.1) is 13.2 Å². The van der Waals surface area contributed by atoms with Crippen LogP contribution in [0.3, 0.4) is 0 Å². The first kappa shape index (κ1) is 15.8. The summed E-state index contributed by atoms with van der Waals surface area (Å²) in [6.45, 7) is 7.56. The van der Waals surface area contributed by atoms with Crippen LogP contribution in [0, 0.1) is 11.3 Å². The lowest BCUT2D eigenvalue weighted by atomic mass is 9.88. The van der Waals surface area contributed by atoms with E-state index in [2.05, 4.69) is 58.4 Å². The quantitative estimate of drug-likeness (QED) is 0.840. The third-order valence-electron chi connectivity index (χ3n) is 6.63. The zero-order chi connectivity index (χ0) is 16.7. The van der Waals surface area contributed by atoms with Crippen LogP contribution in [-0.2, 0) is 11.3 Å². The van der Waals surface area contributed by atoms with Crippen LogP contribution in [0.1, 0.15) is 18.4 Å². The fourth-order valence-electron chi connectivity index (χ4n) is 5.15. The van der Waals surface area contributed by atoms with E-state index in [-0.39, 0.29) is 0 Å². The number of hydrogen-bond acceptors (Lipinski definition) is 3. The molecule has 0 bridgehead atoms. The molecule has 3 unspecified atom stereocenters. The van der Waals surface area contributed by atoms with E-state index in [1.165, 1.54) is 31.5 Å². The van der Waals surface area contributed by atoms with Crippen LogP contribution in [0.2, 0.25) is 0 Å². The standard InChI is InChI=1S/C22H28N2O/c1-2-4-18(5-3-1)15-23-16-20-14-22(20,17-23)19-6-8-21(9-7-19)24-10-12-25-13-11-24/h1-8,20-21H,9-17H2. The molecule has 5 rings (SSSR count). The van der Waals surface area contributed by atoms with E-state index >= 15 is 0 Å². The summed E-state index contributed by atoms with van der Waals surface area (Å²) in [5, 5.41) is 0. The number of hydrogen-bond donors (Lipinski definition) is 0. The van der Waals surface area contributed by atoms with E-state index in [1.54, 1.807) is 5.57 Å². The first-order valence-corrected chi connectivity index (χ1v) is 9.80. The minimum atomic E-state index is 0.473. The SMILES string of the molecule is C1=CC(N2CCOCC2)CC=C1C12CC1CN(Cc1ccccc1)C2. The first-order valence-electron chi connectivity index (χ1n) is 9.80. The van der Waals surface area contributed by atoms with Gasteiger partial charge in [0.15, 0.2) is 0 Å². The second-order valence-electron chi connectivity index (χ2n) is 8.18. The molecule has 3 heteroatoms. The maximum absolute atomic E-state index is 5.49. The predicted octanol–water partition coefficient (Wildman–Crippen LogP) is 3.10. The smallest absolute Gasteiger partial charge is 0.0594 e. The van der Waals surface area contributed by atoms with Crippen molar-refractivity contribution >= 4 is 0 Å². The lowest BCUT2D eigenvalue weighted by molar-refractivity contribution is 0.0258. The van der Waals surface area contributed by atoms with Crippen LogP contribution in [0.5, 0.6) is 0 Å². The number of allylic oxidation sites excluding steroid dienone is 1. The lowest BCUT2D eigenvalue weighted by Crippen LogP contribution is -2.43. The van der Waals surface area contributed by atoms with E-state index in [9.17, 15) is 0 Å². The predicted molar refractivity (Wildman–Crippen MR) is 100 cm³/mol. The zero-order valence-electron chi connectivity index (χ0n) is 14.9. The van der Waals surface area contributed by atoms with Crippen molar-refractivity contribution in [2.75, 3.05) is 39.4 Å². The maximum atomic E-state index is 5.49. The second-order valence-corrected chi connectivity index (χ2v) is 8.18.